The minimum absolute atomic E-state index is 0.191. The molecule has 3 aliphatic heterocycles. The van der Waals surface area contributed by atoms with E-state index in [0.29, 0.717) is 22.1 Å². The smallest absolute Gasteiger partial charge is 0.387 e. The second-order valence-corrected chi connectivity index (χ2v) is 14.4. The zero-order chi connectivity index (χ0) is 31.0. The average molecular weight is 673 g/mol. The topological polar surface area (TPSA) is 267 Å². The molecule has 8 N–H and O–H groups in total. The fraction of sp³-hybridized carbons (Fsp3) is 0.455. The summed E-state index contributed by atoms with van der Waals surface area (Å²) < 4.78 is 49.9. The number of rotatable bonds is 2. The Morgan fingerprint density at radius 2 is 1.36 bits per heavy atom. The highest BCUT2D eigenvalue weighted by molar-refractivity contribution is 8.07. The molecule has 44 heavy (non-hydrogen) atoms. The lowest BCUT2D eigenvalue weighted by Gasteiger charge is -2.27. The SMILES string of the molecule is Nc1ncnc2c1ccn2[C@@H]1O[C@@H]2COP(O)(=S)OC3C(O)[C@@H](COP(=O)(O)OC2C1O)O[C@H]3n1ccc2c(N)ncnc21. The Bertz CT molecular complexity index is 1830. The number of nitrogens with zero attached hydrogens (tertiary/aromatic N) is 6. The van der Waals surface area contributed by atoms with Crippen LogP contribution in [0.4, 0.5) is 11.6 Å². The third-order valence-corrected chi connectivity index (χ3v) is 10.1. The Labute approximate surface area is 252 Å². The maximum absolute atomic E-state index is 13.1. The molecule has 2 bridgehead atoms. The quantitative estimate of drug-likeness (QED) is 0.149. The predicted octanol–water partition coefficient (Wildman–Crippen LogP) is -0.308. The zero-order valence-corrected chi connectivity index (χ0v) is 24.9. The summed E-state index contributed by atoms with van der Waals surface area (Å²) in [6.07, 6.45) is -5.32. The van der Waals surface area contributed by atoms with Gasteiger partial charge in [0.15, 0.2) is 12.5 Å². The summed E-state index contributed by atoms with van der Waals surface area (Å²) in [5.74, 6) is 0.382. The molecule has 3 fully saturated rings. The second-order valence-electron chi connectivity index (χ2n) is 10.2. The van der Waals surface area contributed by atoms with Crippen molar-refractivity contribution in [2.45, 2.75) is 49.1 Å². The van der Waals surface area contributed by atoms with Gasteiger partial charge in [-0.3, -0.25) is 13.6 Å². The predicted molar refractivity (Wildman–Crippen MR) is 152 cm³/mol. The van der Waals surface area contributed by atoms with Gasteiger partial charge < -0.3 is 54.6 Å². The van der Waals surface area contributed by atoms with Crippen molar-refractivity contribution in [3.8, 4) is 0 Å². The summed E-state index contributed by atoms with van der Waals surface area (Å²) in [5, 5.41) is 23.3. The van der Waals surface area contributed by atoms with Crippen LogP contribution in [0.2, 0.25) is 0 Å². The fourth-order valence-electron chi connectivity index (χ4n) is 5.50. The maximum Gasteiger partial charge on any atom is 0.472 e. The second kappa shape index (κ2) is 11.0. The number of anilines is 2. The van der Waals surface area contributed by atoms with Gasteiger partial charge in [0.05, 0.1) is 24.0 Å². The normalized spacial score (nSPS) is 38.3. The molecule has 3 saturated heterocycles. The average Bonchev–Trinajstić information content (AvgIpc) is 3.73. The van der Waals surface area contributed by atoms with Crippen LogP contribution in [-0.2, 0) is 43.9 Å². The third-order valence-electron chi connectivity index (χ3n) is 7.56. The van der Waals surface area contributed by atoms with E-state index in [9.17, 15) is 24.6 Å². The Morgan fingerprint density at radius 1 is 0.795 bits per heavy atom. The standard InChI is InChI=1S/C22H26N8O11P2S/c23-17-9-1-3-29(19(9)27-7-25-17)21-14(32)15-12(39-21)6-37-43(35,44)41-16-13(31)11(5-36-42(33,34)40-15)38-22(16)30-4-2-10-18(24)26-8-28-20(10)30/h1-4,7-8,11-16,21-22,31-32H,5-6H2,(H,33,34)(H,35,44)(H2,23,25,27)(H2,24,26,28)/t11-,12-,13?,14?,15?,16?,21-,22-,43?/m1/s1. The molecule has 4 aromatic heterocycles. The van der Waals surface area contributed by atoms with Gasteiger partial charge in [0, 0.05) is 12.4 Å². The van der Waals surface area contributed by atoms with Crippen LogP contribution in [0.25, 0.3) is 22.1 Å². The molecule has 10 atom stereocenters. The van der Waals surface area contributed by atoms with Crippen molar-refractivity contribution in [3.63, 3.8) is 0 Å². The molecule has 0 saturated carbocycles. The van der Waals surface area contributed by atoms with Gasteiger partial charge in [-0.2, -0.15) is 0 Å². The first kappa shape index (κ1) is 30.0. The van der Waals surface area contributed by atoms with E-state index in [4.69, 9.17) is 50.8 Å². The van der Waals surface area contributed by atoms with Crippen molar-refractivity contribution in [2.75, 3.05) is 24.7 Å². The lowest BCUT2D eigenvalue weighted by atomic mass is 10.1. The highest BCUT2D eigenvalue weighted by Gasteiger charge is 2.53. The lowest BCUT2D eigenvalue weighted by molar-refractivity contribution is -0.0634. The molecular weight excluding hydrogens is 646 g/mol. The van der Waals surface area contributed by atoms with E-state index in [1.54, 1.807) is 18.3 Å². The Balaban J connectivity index is 1.20. The first-order valence-corrected chi connectivity index (χ1v) is 17.1. The zero-order valence-electron chi connectivity index (χ0n) is 22.3. The van der Waals surface area contributed by atoms with Gasteiger partial charge >= 0.3 is 14.5 Å². The molecule has 19 nitrogen and oxygen atoms in total. The number of ether oxygens (including phenoxy) is 2. The summed E-state index contributed by atoms with van der Waals surface area (Å²) >= 11 is 5.26. The van der Waals surface area contributed by atoms with Gasteiger partial charge in [0.25, 0.3) is 0 Å². The van der Waals surface area contributed by atoms with E-state index in [1.165, 1.54) is 28.0 Å². The van der Waals surface area contributed by atoms with Crippen molar-refractivity contribution in [1.82, 2.24) is 29.1 Å². The molecule has 236 valence electrons. The number of nitrogen functional groups attached to an aromatic ring is 2. The molecule has 3 aliphatic rings. The lowest BCUT2D eigenvalue weighted by Crippen LogP contribution is -2.36. The van der Waals surface area contributed by atoms with Gasteiger partial charge in [0.2, 0.25) is 0 Å². The van der Waals surface area contributed by atoms with E-state index < -0.39 is 76.8 Å². The van der Waals surface area contributed by atoms with Crippen LogP contribution in [0.5, 0.6) is 0 Å². The number of hydrogen-bond acceptors (Lipinski definition) is 16. The van der Waals surface area contributed by atoms with Gasteiger partial charge in [0.1, 0.15) is 72.2 Å². The number of aliphatic hydroxyl groups is 2. The van der Waals surface area contributed by atoms with Crippen LogP contribution in [0.15, 0.2) is 37.2 Å². The Kier molecular flexibility index (Phi) is 7.49. The largest absolute Gasteiger partial charge is 0.472 e. The van der Waals surface area contributed by atoms with Crippen molar-refractivity contribution in [2.24, 2.45) is 0 Å². The summed E-state index contributed by atoms with van der Waals surface area (Å²) in [6.45, 7) is -5.40. The van der Waals surface area contributed by atoms with Crippen LogP contribution in [0.3, 0.4) is 0 Å². The monoisotopic (exact) mass is 672 g/mol. The summed E-state index contributed by atoms with van der Waals surface area (Å²) in [7, 11) is -4.94. The summed E-state index contributed by atoms with van der Waals surface area (Å²) in [5.41, 5.74) is 12.5. The maximum atomic E-state index is 13.1. The number of fused-ring (bicyclic) bond motifs is 5. The van der Waals surface area contributed by atoms with E-state index >= 15 is 0 Å². The number of phosphoric acid groups is 1. The molecule has 7 rings (SSSR count). The Hall–Kier alpha value is -2.68. The number of aliphatic hydroxyl groups excluding tert-OH is 2. The molecule has 0 radical (unpaired) electrons. The number of aromatic nitrogens is 6. The van der Waals surface area contributed by atoms with Crippen molar-refractivity contribution < 1.29 is 52.1 Å². The molecular formula is C22H26N8O11P2S. The van der Waals surface area contributed by atoms with Crippen LogP contribution in [-0.4, -0.2) is 98.9 Å². The van der Waals surface area contributed by atoms with E-state index in [0.717, 1.165) is 0 Å². The van der Waals surface area contributed by atoms with Crippen LogP contribution in [0.1, 0.15) is 12.5 Å². The van der Waals surface area contributed by atoms with Crippen LogP contribution in [0, 0.1) is 0 Å². The summed E-state index contributed by atoms with van der Waals surface area (Å²) in [4.78, 5) is 38.0. The number of hydrogen-bond donors (Lipinski definition) is 6. The Morgan fingerprint density at radius 3 is 2.00 bits per heavy atom. The van der Waals surface area contributed by atoms with Crippen molar-refractivity contribution in [3.05, 3.63) is 37.2 Å². The van der Waals surface area contributed by atoms with E-state index in [-0.39, 0.29) is 11.6 Å². The summed E-state index contributed by atoms with van der Waals surface area (Å²) in [6, 6.07) is 3.23. The van der Waals surface area contributed by atoms with Gasteiger partial charge in [-0.25, -0.2) is 24.5 Å². The molecule has 0 spiro atoms. The molecule has 0 aliphatic carbocycles. The van der Waals surface area contributed by atoms with Gasteiger partial charge in [-0.1, -0.05) is 0 Å². The molecule has 22 heteroatoms. The van der Waals surface area contributed by atoms with Gasteiger partial charge in [-0.15, -0.1) is 0 Å². The van der Waals surface area contributed by atoms with E-state index in [1.807, 2.05) is 0 Å². The molecule has 7 heterocycles. The third kappa shape index (κ3) is 5.21. The van der Waals surface area contributed by atoms with Crippen LogP contribution >= 0.6 is 14.5 Å². The highest BCUT2D eigenvalue weighted by atomic mass is 32.5. The highest BCUT2D eigenvalue weighted by Crippen LogP contribution is 2.54. The molecule has 0 aromatic carbocycles. The van der Waals surface area contributed by atoms with Crippen molar-refractivity contribution in [1.29, 1.82) is 0 Å². The molecule has 0 amide bonds. The van der Waals surface area contributed by atoms with E-state index in [2.05, 4.69) is 19.9 Å². The number of nitrogens with two attached hydrogens (primary N) is 2. The van der Waals surface area contributed by atoms with Crippen molar-refractivity contribution >= 4 is 60.1 Å². The van der Waals surface area contributed by atoms with Crippen LogP contribution < -0.4 is 11.5 Å². The first-order valence-electron chi connectivity index (χ1n) is 13.0. The fourth-order valence-corrected chi connectivity index (χ4v) is 7.88. The molecule has 6 unspecified atom stereocenters. The first-order chi connectivity index (χ1) is 20.9. The number of phosphoric ester groups is 1. The molecule has 4 aromatic rings. The minimum Gasteiger partial charge on any atom is -0.387 e. The van der Waals surface area contributed by atoms with Gasteiger partial charge in [-0.05, 0) is 23.9 Å². The minimum atomic E-state index is -4.94.